The van der Waals surface area contributed by atoms with Gasteiger partial charge in [0, 0.05) is 6.92 Å². The highest BCUT2D eigenvalue weighted by Crippen LogP contribution is 2.28. The van der Waals surface area contributed by atoms with Gasteiger partial charge in [0.15, 0.2) is 0 Å². The highest BCUT2D eigenvalue weighted by Gasteiger charge is 2.44. The van der Waals surface area contributed by atoms with Crippen LogP contribution in [-0.4, -0.2) is 52.0 Å². The van der Waals surface area contributed by atoms with Crippen molar-refractivity contribution in [2.24, 2.45) is 0 Å². The summed E-state index contributed by atoms with van der Waals surface area (Å²) in [7, 11) is 0. The maximum absolute atomic E-state index is 10.6. The maximum atomic E-state index is 10.6. The van der Waals surface area contributed by atoms with Gasteiger partial charge in [-0.05, 0) is 0 Å². The molecule has 0 spiro atoms. The lowest BCUT2D eigenvalue weighted by molar-refractivity contribution is -0.238. The summed E-state index contributed by atoms with van der Waals surface area (Å²) >= 11 is 11.6. The number of hydrogen-bond acceptors (Lipinski definition) is 5. The Morgan fingerprint density at radius 1 is 1.50 bits per heavy atom. The molecule has 0 saturated carbocycles. The van der Waals surface area contributed by atoms with Crippen molar-refractivity contribution in [1.82, 2.24) is 5.48 Å². The molecule has 0 aromatic heterocycles. The number of aliphatic hydroxyl groups excluding tert-OH is 2. The summed E-state index contributed by atoms with van der Waals surface area (Å²) in [6.45, 7) is 0.866. The molecule has 1 aliphatic rings. The van der Waals surface area contributed by atoms with E-state index in [1.54, 1.807) is 0 Å². The zero-order valence-electron chi connectivity index (χ0n) is 8.47. The van der Waals surface area contributed by atoms with Crippen molar-refractivity contribution in [3.8, 4) is 0 Å². The van der Waals surface area contributed by atoms with Gasteiger partial charge in [0.25, 0.3) is 0 Å². The standard InChI is InChI=1S/C8H13Cl2NO5/c1-3(13)11-16-8-6(10)7(14)5(9)4(2-12)15-8/h4-8,12,14H,2H2,1H3,(H,11,13)/t4-,5-,6+,7+,8+/m1/s1. The SMILES string of the molecule is CC(=O)NO[C@@H]1O[C@H](CO)[C@@H](Cl)[C@H](O)[C@@H]1Cl. The number of amides is 1. The monoisotopic (exact) mass is 273 g/mol. The molecule has 1 heterocycles. The Morgan fingerprint density at radius 2 is 2.12 bits per heavy atom. The van der Waals surface area contributed by atoms with Crippen molar-refractivity contribution in [3.05, 3.63) is 0 Å². The number of aliphatic hydroxyl groups is 2. The lowest BCUT2D eigenvalue weighted by Gasteiger charge is -2.38. The van der Waals surface area contributed by atoms with Crippen LogP contribution in [0.2, 0.25) is 0 Å². The summed E-state index contributed by atoms with van der Waals surface area (Å²) in [6, 6.07) is 0. The van der Waals surface area contributed by atoms with Crippen molar-refractivity contribution in [1.29, 1.82) is 0 Å². The van der Waals surface area contributed by atoms with Gasteiger partial charge in [0.05, 0.1) is 18.1 Å². The van der Waals surface area contributed by atoms with Gasteiger partial charge in [0.1, 0.15) is 11.5 Å². The van der Waals surface area contributed by atoms with Gasteiger partial charge in [-0.25, -0.2) is 10.3 Å². The van der Waals surface area contributed by atoms with E-state index >= 15 is 0 Å². The van der Waals surface area contributed by atoms with Crippen molar-refractivity contribution in [2.75, 3.05) is 6.61 Å². The van der Waals surface area contributed by atoms with Gasteiger partial charge in [-0.3, -0.25) is 4.79 Å². The fourth-order valence-corrected chi connectivity index (χ4v) is 1.89. The number of alkyl halides is 2. The normalized spacial score (nSPS) is 39.4. The van der Waals surface area contributed by atoms with Gasteiger partial charge in [0.2, 0.25) is 12.2 Å². The van der Waals surface area contributed by atoms with Crippen LogP contribution in [0.3, 0.4) is 0 Å². The zero-order chi connectivity index (χ0) is 12.3. The summed E-state index contributed by atoms with van der Waals surface area (Å²) in [5.74, 6) is -0.435. The molecule has 0 aromatic rings. The summed E-state index contributed by atoms with van der Waals surface area (Å²) in [5, 5.41) is 16.8. The largest absolute Gasteiger partial charge is 0.394 e. The van der Waals surface area contributed by atoms with Crippen LogP contribution in [0, 0.1) is 0 Å². The first-order valence-electron chi connectivity index (χ1n) is 4.62. The van der Waals surface area contributed by atoms with Crippen LogP contribution in [0.5, 0.6) is 0 Å². The molecule has 1 amide bonds. The highest BCUT2D eigenvalue weighted by molar-refractivity contribution is 6.25. The third-order valence-corrected chi connectivity index (χ3v) is 3.08. The predicted molar refractivity (Wildman–Crippen MR) is 55.9 cm³/mol. The molecule has 1 aliphatic heterocycles. The molecule has 0 aromatic carbocycles. The van der Waals surface area contributed by atoms with E-state index in [0.717, 1.165) is 0 Å². The molecule has 0 radical (unpaired) electrons. The number of hydroxylamine groups is 1. The van der Waals surface area contributed by atoms with E-state index in [1.165, 1.54) is 6.92 Å². The van der Waals surface area contributed by atoms with Crippen LogP contribution >= 0.6 is 23.2 Å². The van der Waals surface area contributed by atoms with Gasteiger partial charge >= 0.3 is 0 Å². The molecule has 5 atom stereocenters. The van der Waals surface area contributed by atoms with E-state index in [0.29, 0.717) is 0 Å². The summed E-state index contributed by atoms with van der Waals surface area (Å²) in [5.41, 5.74) is 2.04. The molecule has 3 N–H and O–H groups in total. The van der Waals surface area contributed by atoms with E-state index in [4.69, 9.17) is 37.9 Å². The first-order chi connectivity index (χ1) is 7.47. The molecule has 8 heteroatoms. The Labute approximate surface area is 102 Å². The van der Waals surface area contributed by atoms with E-state index in [2.05, 4.69) is 0 Å². The molecule has 0 aliphatic carbocycles. The van der Waals surface area contributed by atoms with Gasteiger partial charge in [-0.1, -0.05) is 0 Å². The van der Waals surface area contributed by atoms with Gasteiger partial charge in [-0.2, -0.15) is 0 Å². The van der Waals surface area contributed by atoms with Crippen LogP contribution in [0.4, 0.5) is 0 Å². The quantitative estimate of drug-likeness (QED) is 0.470. The third-order valence-electron chi connectivity index (χ3n) is 2.08. The number of hydrogen-bond donors (Lipinski definition) is 3. The molecule has 0 bridgehead atoms. The van der Waals surface area contributed by atoms with Crippen molar-refractivity contribution in [2.45, 2.75) is 36.2 Å². The molecule has 94 valence electrons. The fourth-order valence-electron chi connectivity index (χ4n) is 1.26. The van der Waals surface area contributed by atoms with Crippen LogP contribution in [0.15, 0.2) is 0 Å². The average Bonchev–Trinajstić information content (AvgIpc) is 2.25. The van der Waals surface area contributed by atoms with Crippen molar-refractivity contribution < 1.29 is 24.6 Å². The number of halogens is 2. The molecule has 1 saturated heterocycles. The topological polar surface area (TPSA) is 88.0 Å². The Morgan fingerprint density at radius 3 is 2.62 bits per heavy atom. The molecule has 0 unspecified atom stereocenters. The van der Waals surface area contributed by atoms with Crippen molar-refractivity contribution in [3.63, 3.8) is 0 Å². The van der Waals surface area contributed by atoms with Crippen LogP contribution in [0.1, 0.15) is 6.92 Å². The maximum Gasteiger partial charge on any atom is 0.240 e. The van der Waals surface area contributed by atoms with Crippen LogP contribution < -0.4 is 5.48 Å². The number of ether oxygens (including phenoxy) is 1. The highest BCUT2D eigenvalue weighted by atomic mass is 35.5. The second-order valence-corrected chi connectivity index (χ2v) is 4.39. The molecule has 6 nitrogen and oxygen atoms in total. The Bertz CT molecular complexity index is 253. The molecule has 1 rings (SSSR count). The zero-order valence-corrected chi connectivity index (χ0v) is 9.98. The number of carbonyl (C=O) groups is 1. The Kier molecular flexibility index (Phi) is 5.23. The first kappa shape index (κ1) is 14.0. The fraction of sp³-hybridized carbons (Fsp3) is 0.875. The van der Waals surface area contributed by atoms with E-state index in [9.17, 15) is 9.90 Å². The number of carbonyl (C=O) groups excluding carboxylic acids is 1. The number of rotatable bonds is 3. The lowest BCUT2D eigenvalue weighted by atomic mass is 10.0. The minimum atomic E-state index is -1.10. The van der Waals surface area contributed by atoms with Gasteiger partial charge in [-0.15, -0.1) is 23.2 Å². The van der Waals surface area contributed by atoms with Crippen LogP contribution in [-0.2, 0) is 14.4 Å². The minimum Gasteiger partial charge on any atom is -0.394 e. The van der Waals surface area contributed by atoms with E-state index in [1.807, 2.05) is 5.48 Å². The summed E-state index contributed by atoms with van der Waals surface area (Å²) in [4.78, 5) is 15.4. The van der Waals surface area contributed by atoms with Gasteiger partial charge < -0.3 is 14.9 Å². The second kappa shape index (κ2) is 6.00. The first-order valence-corrected chi connectivity index (χ1v) is 5.49. The van der Waals surface area contributed by atoms with Crippen molar-refractivity contribution >= 4 is 29.1 Å². The number of nitrogens with one attached hydrogen (secondary N) is 1. The Hall–Kier alpha value is -0.110. The lowest BCUT2D eigenvalue weighted by Crippen LogP contribution is -2.56. The summed E-state index contributed by atoms with van der Waals surface area (Å²) < 4.78 is 5.17. The molecule has 1 fully saturated rings. The van der Waals surface area contributed by atoms with E-state index < -0.39 is 35.2 Å². The summed E-state index contributed by atoms with van der Waals surface area (Å²) in [6.07, 6.45) is -2.97. The van der Waals surface area contributed by atoms with Crippen LogP contribution in [0.25, 0.3) is 0 Å². The second-order valence-electron chi connectivity index (χ2n) is 3.38. The van der Waals surface area contributed by atoms with E-state index in [-0.39, 0.29) is 6.61 Å². The Balaban J connectivity index is 2.60. The smallest absolute Gasteiger partial charge is 0.240 e. The molecular formula is C8H13Cl2NO5. The predicted octanol–water partition coefficient (Wildman–Crippen LogP) is -0.653. The third kappa shape index (κ3) is 3.19. The minimum absolute atomic E-state index is 0.380. The average molecular weight is 274 g/mol. The molecule has 16 heavy (non-hydrogen) atoms. The molecular weight excluding hydrogens is 261 g/mol.